The highest BCUT2D eigenvalue weighted by Gasteiger charge is 2.32. The van der Waals surface area contributed by atoms with Gasteiger partial charge in [0.15, 0.2) is 0 Å². The summed E-state index contributed by atoms with van der Waals surface area (Å²) in [5.41, 5.74) is 10.3. The summed E-state index contributed by atoms with van der Waals surface area (Å²) in [4.78, 5) is 29.6. The van der Waals surface area contributed by atoms with Crippen LogP contribution in [0, 0.1) is 12.8 Å². The van der Waals surface area contributed by atoms with Crippen molar-refractivity contribution in [3.8, 4) is 11.1 Å². The zero-order chi connectivity index (χ0) is 21.5. The fourth-order valence-electron chi connectivity index (χ4n) is 4.18. The SMILES string of the molecule is CCCN1CCN(C(=O)CCN)CC(Cc2ccccc2-c2ccc(C)cc2)C1=O. The van der Waals surface area contributed by atoms with Gasteiger partial charge in [-0.05, 0) is 36.5 Å². The van der Waals surface area contributed by atoms with Crippen LogP contribution in [0.1, 0.15) is 30.9 Å². The van der Waals surface area contributed by atoms with Crippen molar-refractivity contribution in [2.24, 2.45) is 11.7 Å². The number of carbonyl (C=O) groups is 2. The minimum absolute atomic E-state index is 0.0421. The van der Waals surface area contributed by atoms with Crippen molar-refractivity contribution in [1.29, 1.82) is 0 Å². The predicted octanol–water partition coefficient (Wildman–Crippen LogP) is 3.25. The number of nitrogens with two attached hydrogens (primary N) is 1. The molecule has 1 fully saturated rings. The number of amides is 2. The third kappa shape index (κ3) is 5.28. The van der Waals surface area contributed by atoms with Crippen LogP contribution in [0.2, 0.25) is 0 Å². The van der Waals surface area contributed by atoms with E-state index in [2.05, 4.69) is 50.2 Å². The average molecular weight is 408 g/mol. The van der Waals surface area contributed by atoms with Gasteiger partial charge in [0.25, 0.3) is 0 Å². The Balaban J connectivity index is 1.89. The maximum Gasteiger partial charge on any atom is 0.227 e. The van der Waals surface area contributed by atoms with E-state index in [-0.39, 0.29) is 17.7 Å². The lowest BCUT2D eigenvalue weighted by molar-refractivity contribution is -0.135. The molecule has 1 aliphatic rings. The van der Waals surface area contributed by atoms with Crippen molar-refractivity contribution in [2.75, 3.05) is 32.7 Å². The molecule has 5 nitrogen and oxygen atoms in total. The van der Waals surface area contributed by atoms with Crippen molar-refractivity contribution in [2.45, 2.75) is 33.1 Å². The molecular weight excluding hydrogens is 374 g/mol. The van der Waals surface area contributed by atoms with Crippen molar-refractivity contribution >= 4 is 11.8 Å². The van der Waals surface area contributed by atoms with Crippen LogP contribution in [0.3, 0.4) is 0 Å². The molecule has 2 aromatic carbocycles. The summed E-state index contributed by atoms with van der Waals surface area (Å²) in [5, 5.41) is 0. The Labute approximate surface area is 179 Å². The molecule has 1 aliphatic heterocycles. The van der Waals surface area contributed by atoms with Gasteiger partial charge in [-0.15, -0.1) is 0 Å². The van der Waals surface area contributed by atoms with E-state index in [1.165, 1.54) is 5.56 Å². The molecule has 30 heavy (non-hydrogen) atoms. The highest BCUT2D eigenvalue weighted by molar-refractivity contribution is 5.83. The second kappa shape index (κ2) is 10.4. The Morgan fingerprint density at radius 2 is 1.83 bits per heavy atom. The maximum atomic E-state index is 13.3. The van der Waals surface area contributed by atoms with E-state index in [4.69, 9.17) is 5.73 Å². The van der Waals surface area contributed by atoms with Gasteiger partial charge in [-0.25, -0.2) is 0 Å². The molecule has 5 heteroatoms. The van der Waals surface area contributed by atoms with Crippen LogP contribution in [0.25, 0.3) is 11.1 Å². The van der Waals surface area contributed by atoms with E-state index in [0.29, 0.717) is 39.0 Å². The highest BCUT2D eigenvalue weighted by Crippen LogP contribution is 2.27. The summed E-state index contributed by atoms with van der Waals surface area (Å²) in [5.74, 6) is -0.0496. The first-order chi connectivity index (χ1) is 14.5. The minimum Gasteiger partial charge on any atom is -0.341 e. The van der Waals surface area contributed by atoms with Gasteiger partial charge in [0.2, 0.25) is 11.8 Å². The molecule has 2 N–H and O–H groups in total. The molecule has 1 heterocycles. The fraction of sp³-hybridized carbons (Fsp3) is 0.440. The van der Waals surface area contributed by atoms with Gasteiger partial charge in [-0.1, -0.05) is 61.0 Å². The van der Waals surface area contributed by atoms with E-state index in [1.54, 1.807) is 0 Å². The highest BCUT2D eigenvalue weighted by atomic mass is 16.2. The molecule has 0 saturated carbocycles. The largest absolute Gasteiger partial charge is 0.341 e. The molecule has 2 aromatic rings. The van der Waals surface area contributed by atoms with Gasteiger partial charge in [-0.2, -0.15) is 0 Å². The monoisotopic (exact) mass is 407 g/mol. The van der Waals surface area contributed by atoms with Gasteiger partial charge in [0.1, 0.15) is 0 Å². The first-order valence-electron chi connectivity index (χ1n) is 10.9. The van der Waals surface area contributed by atoms with E-state index in [9.17, 15) is 9.59 Å². The second-order valence-electron chi connectivity index (χ2n) is 8.13. The molecule has 160 valence electrons. The topological polar surface area (TPSA) is 66.6 Å². The van der Waals surface area contributed by atoms with Crippen LogP contribution in [-0.2, 0) is 16.0 Å². The van der Waals surface area contributed by atoms with Crippen LogP contribution in [0.5, 0.6) is 0 Å². The zero-order valence-corrected chi connectivity index (χ0v) is 18.1. The number of nitrogens with zero attached hydrogens (tertiary/aromatic N) is 2. The van der Waals surface area contributed by atoms with Gasteiger partial charge >= 0.3 is 0 Å². The van der Waals surface area contributed by atoms with Crippen molar-refractivity contribution in [3.63, 3.8) is 0 Å². The third-order valence-corrected chi connectivity index (χ3v) is 5.79. The van der Waals surface area contributed by atoms with Gasteiger partial charge in [-0.3, -0.25) is 9.59 Å². The molecule has 0 aliphatic carbocycles. The minimum atomic E-state index is -0.243. The molecule has 0 bridgehead atoms. The molecule has 1 atom stereocenters. The summed E-state index contributed by atoms with van der Waals surface area (Å²) in [6.45, 7) is 6.86. The number of rotatable bonds is 7. The number of benzene rings is 2. The van der Waals surface area contributed by atoms with Crippen LogP contribution in [0.4, 0.5) is 0 Å². The Kier molecular flexibility index (Phi) is 7.63. The summed E-state index contributed by atoms with van der Waals surface area (Å²) >= 11 is 0. The number of hydrogen-bond donors (Lipinski definition) is 1. The van der Waals surface area contributed by atoms with Gasteiger partial charge in [0, 0.05) is 39.1 Å². The van der Waals surface area contributed by atoms with Crippen LogP contribution >= 0.6 is 0 Å². The molecular formula is C25H33N3O2. The summed E-state index contributed by atoms with van der Waals surface area (Å²) in [7, 11) is 0. The molecule has 1 unspecified atom stereocenters. The lowest BCUT2D eigenvalue weighted by atomic mass is 9.91. The lowest BCUT2D eigenvalue weighted by Gasteiger charge is -2.24. The Morgan fingerprint density at radius 3 is 2.53 bits per heavy atom. The van der Waals surface area contributed by atoms with E-state index < -0.39 is 0 Å². The van der Waals surface area contributed by atoms with Crippen molar-refractivity contribution in [3.05, 3.63) is 59.7 Å². The summed E-state index contributed by atoms with van der Waals surface area (Å²) in [6, 6.07) is 16.8. The van der Waals surface area contributed by atoms with Gasteiger partial charge < -0.3 is 15.5 Å². The predicted molar refractivity (Wildman–Crippen MR) is 121 cm³/mol. The molecule has 2 amide bonds. The first-order valence-corrected chi connectivity index (χ1v) is 10.9. The van der Waals surface area contributed by atoms with Gasteiger partial charge in [0.05, 0.1) is 5.92 Å². The van der Waals surface area contributed by atoms with Crippen LogP contribution in [-0.4, -0.2) is 54.3 Å². The standard InChI is InChI=1S/C25H33N3O2/c1-3-14-27-15-16-28(24(29)12-13-26)18-22(25(27)30)17-21-6-4-5-7-23(21)20-10-8-19(2)9-11-20/h4-11,22H,3,12-18,26H2,1-2H3. The Hall–Kier alpha value is -2.66. The number of hydrogen-bond acceptors (Lipinski definition) is 3. The molecule has 0 spiro atoms. The average Bonchev–Trinajstić information content (AvgIpc) is 2.89. The van der Waals surface area contributed by atoms with E-state index >= 15 is 0 Å². The van der Waals surface area contributed by atoms with E-state index in [0.717, 1.165) is 29.7 Å². The second-order valence-corrected chi connectivity index (χ2v) is 8.13. The van der Waals surface area contributed by atoms with E-state index in [1.807, 2.05) is 21.9 Å². The molecule has 3 rings (SSSR count). The number of carbonyl (C=O) groups excluding carboxylic acids is 2. The van der Waals surface area contributed by atoms with Crippen LogP contribution in [0.15, 0.2) is 48.5 Å². The zero-order valence-electron chi connectivity index (χ0n) is 18.1. The third-order valence-electron chi connectivity index (χ3n) is 5.79. The number of aryl methyl sites for hydroxylation is 1. The van der Waals surface area contributed by atoms with Crippen LogP contribution < -0.4 is 5.73 Å². The molecule has 0 aromatic heterocycles. The Bertz CT molecular complexity index is 863. The van der Waals surface area contributed by atoms with Crippen molar-refractivity contribution < 1.29 is 9.59 Å². The van der Waals surface area contributed by atoms with Crippen molar-refractivity contribution in [1.82, 2.24) is 9.80 Å². The molecule has 0 radical (unpaired) electrons. The first kappa shape index (κ1) is 22.0. The smallest absolute Gasteiger partial charge is 0.227 e. The fourth-order valence-corrected chi connectivity index (χ4v) is 4.18. The molecule has 1 saturated heterocycles. The quantitative estimate of drug-likeness (QED) is 0.766. The normalized spacial score (nSPS) is 17.2. The summed E-state index contributed by atoms with van der Waals surface area (Å²) < 4.78 is 0. The lowest BCUT2D eigenvalue weighted by Crippen LogP contribution is -2.38. The summed E-state index contributed by atoms with van der Waals surface area (Å²) in [6.07, 6.45) is 1.86. The maximum absolute atomic E-state index is 13.3. The Morgan fingerprint density at radius 1 is 1.10 bits per heavy atom.